The molecule has 1 amide bonds. The first kappa shape index (κ1) is 21.2. The Morgan fingerprint density at radius 2 is 2.03 bits per heavy atom. The third kappa shape index (κ3) is 4.73. The molecule has 30 heavy (non-hydrogen) atoms. The Hall–Kier alpha value is -3.49. The molecule has 0 unspecified atom stereocenters. The number of ether oxygens (including phenoxy) is 2. The summed E-state index contributed by atoms with van der Waals surface area (Å²) in [6, 6.07) is 9.67. The van der Waals surface area contributed by atoms with Crippen molar-refractivity contribution in [3.8, 4) is 11.5 Å². The molecular weight excluding hydrogens is 394 g/mol. The number of hydrazone groups is 1. The van der Waals surface area contributed by atoms with E-state index in [4.69, 9.17) is 4.74 Å². The summed E-state index contributed by atoms with van der Waals surface area (Å²) in [6.07, 6.45) is 1.39. The molecule has 2 aromatic carbocycles. The van der Waals surface area contributed by atoms with E-state index in [-0.39, 0.29) is 24.0 Å². The fourth-order valence-electron chi connectivity index (χ4n) is 3.09. The molecule has 158 valence electrons. The lowest BCUT2D eigenvalue weighted by atomic mass is 10.2. The number of alkyl halides is 2. The lowest BCUT2D eigenvalue weighted by Crippen LogP contribution is -2.17. The van der Waals surface area contributed by atoms with Crippen LogP contribution >= 0.6 is 0 Å². The van der Waals surface area contributed by atoms with E-state index in [1.807, 2.05) is 19.9 Å². The summed E-state index contributed by atoms with van der Waals surface area (Å²) in [6.45, 7) is 3.81. The zero-order valence-electron chi connectivity index (χ0n) is 16.9. The molecule has 0 radical (unpaired) electrons. The molecule has 0 aliphatic heterocycles. The average Bonchev–Trinajstić information content (AvgIpc) is 3.03. The third-order valence-corrected chi connectivity index (χ3v) is 4.38. The first-order valence-corrected chi connectivity index (χ1v) is 9.44. The van der Waals surface area contributed by atoms with Gasteiger partial charge >= 0.3 is 6.61 Å². The maximum Gasteiger partial charge on any atom is 0.387 e. The number of halogens is 2. The Morgan fingerprint density at radius 1 is 1.23 bits per heavy atom. The van der Waals surface area contributed by atoms with Crippen molar-refractivity contribution in [3.05, 3.63) is 53.3 Å². The largest absolute Gasteiger partial charge is 0.490 e. The van der Waals surface area contributed by atoms with Crippen LogP contribution in [0.4, 0.5) is 8.78 Å². The Morgan fingerprint density at radius 3 is 2.73 bits per heavy atom. The van der Waals surface area contributed by atoms with Gasteiger partial charge in [-0.15, -0.1) is 0 Å². The van der Waals surface area contributed by atoms with Crippen molar-refractivity contribution in [2.75, 3.05) is 6.61 Å². The first-order chi connectivity index (χ1) is 14.4. The lowest BCUT2D eigenvalue weighted by molar-refractivity contribution is -0.0514. The second kappa shape index (κ2) is 9.34. The summed E-state index contributed by atoms with van der Waals surface area (Å²) in [5, 5.41) is 3.93. The fourth-order valence-corrected chi connectivity index (χ4v) is 3.09. The number of carbonyl (C=O) groups excluding carboxylic acids is 1. The Balaban J connectivity index is 1.72. The summed E-state index contributed by atoms with van der Waals surface area (Å²) in [5.41, 5.74) is 5.13. The van der Waals surface area contributed by atoms with E-state index in [1.54, 1.807) is 19.1 Å². The van der Waals surface area contributed by atoms with E-state index in [9.17, 15) is 13.6 Å². The van der Waals surface area contributed by atoms with Crippen LogP contribution in [0, 0.1) is 6.92 Å². The van der Waals surface area contributed by atoms with Gasteiger partial charge in [-0.05, 0) is 62.7 Å². The lowest BCUT2D eigenvalue weighted by Gasteiger charge is -2.11. The van der Waals surface area contributed by atoms with Crippen molar-refractivity contribution in [1.82, 2.24) is 15.0 Å². The molecule has 7 nitrogen and oxygen atoms in total. The van der Waals surface area contributed by atoms with Crippen molar-refractivity contribution in [2.24, 2.45) is 5.10 Å². The minimum atomic E-state index is -2.95. The van der Waals surface area contributed by atoms with E-state index in [0.717, 1.165) is 23.4 Å². The number of carbonyl (C=O) groups is 1. The van der Waals surface area contributed by atoms with Crippen molar-refractivity contribution in [1.29, 1.82) is 0 Å². The normalized spacial score (nSPS) is 11.4. The number of aromatic nitrogens is 2. The van der Waals surface area contributed by atoms with Crippen LogP contribution in [0.15, 0.2) is 41.5 Å². The van der Waals surface area contributed by atoms with Gasteiger partial charge in [0.25, 0.3) is 5.91 Å². The maximum absolute atomic E-state index is 12.5. The third-order valence-electron chi connectivity index (χ3n) is 4.38. The summed E-state index contributed by atoms with van der Waals surface area (Å²) < 4.78 is 36.8. The predicted octanol–water partition coefficient (Wildman–Crippen LogP) is 4.13. The molecule has 9 heteroatoms. The first-order valence-electron chi connectivity index (χ1n) is 9.44. The van der Waals surface area contributed by atoms with Gasteiger partial charge in [0.05, 0.1) is 23.9 Å². The van der Waals surface area contributed by atoms with Gasteiger partial charge in [0.1, 0.15) is 5.82 Å². The van der Waals surface area contributed by atoms with Crippen LogP contribution in [0.5, 0.6) is 11.5 Å². The number of nitrogens with one attached hydrogen (secondary N) is 1. The molecule has 1 heterocycles. The molecule has 1 N–H and O–H groups in total. The second-order valence-electron chi connectivity index (χ2n) is 6.32. The molecule has 0 aliphatic rings. The number of hydrogen-bond donors (Lipinski definition) is 1. The minimum Gasteiger partial charge on any atom is -0.490 e. The van der Waals surface area contributed by atoms with Gasteiger partial charge in [0.2, 0.25) is 0 Å². The molecule has 0 fully saturated rings. The average molecular weight is 416 g/mol. The van der Waals surface area contributed by atoms with Gasteiger partial charge in [0, 0.05) is 12.1 Å². The molecule has 0 saturated carbocycles. The van der Waals surface area contributed by atoms with Gasteiger partial charge in [-0.3, -0.25) is 4.79 Å². The van der Waals surface area contributed by atoms with Crippen molar-refractivity contribution < 1.29 is 23.0 Å². The monoisotopic (exact) mass is 416 g/mol. The van der Waals surface area contributed by atoms with Gasteiger partial charge in [0.15, 0.2) is 11.5 Å². The van der Waals surface area contributed by atoms with E-state index in [0.29, 0.717) is 11.1 Å². The summed E-state index contributed by atoms with van der Waals surface area (Å²) in [5.74, 6) is 0.593. The number of benzene rings is 2. The number of aryl methyl sites for hydroxylation is 2. The van der Waals surface area contributed by atoms with Gasteiger partial charge in [-0.25, -0.2) is 10.4 Å². The molecule has 0 aliphatic carbocycles. The zero-order chi connectivity index (χ0) is 21.7. The topological polar surface area (TPSA) is 77.7 Å². The highest BCUT2D eigenvalue weighted by atomic mass is 19.3. The van der Waals surface area contributed by atoms with E-state index < -0.39 is 6.61 Å². The van der Waals surface area contributed by atoms with E-state index in [1.165, 1.54) is 24.4 Å². The molecule has 0 atom stereocenters. The standard InChI is InChI=1S/C21H22F2N4O3/c1-4-27-13(3)25-16-11-15(7-8-17(16)27)20(28)26-24-12-14-6-9-18(30-21(22)23)19(10-14)29-5-2/h6-12,21H,4-5H2,1-3H3,(H,26,28)/b24-12-. The number of hydrogen-bond acceptors (Lipinski definition) is 5. The van der Waals surface area contributed by atoms with Crippen LogP contribution in [0.3, 0.4) is 0 Å². The molecule has 3 aromatic rings. The molecule has 0 bridgehead atoms. The van der Waals surface area contributed by atoms with Crippen LogP contribution in [0.2, 0.25) is 0 Å². The SMILES string of the molecule is CCOc1cc(/C=N\NC(=O)c2ccc3c(c2)nc(C)n3CC)ccc1OC(F)F. The maximum atomic E-state index is 12.5. The van der Waals surface area contributed by atoms with Crippen LogP contribution in [0.25, 0.3) is 11.0 Å². The van der Waals surface area contributed by atoms with E-state index in [2.05, 4.69) is 24.8 Å². The number of rotatable bonds is 8. The van der Waals surface area contributed by atoms with Crippen LogP contribution in [-0.4, -0.2) is 34.9 Å². The summed E-state index contributed by atoms with van der Waals surface area (Å²) in [7, 11) is 0. The smallest absolute Gasteiger partial charge is 0.387 e. The van der Waals surface area contributed by atoms with E-state index >= 15 is 0 Å². The number of nitrogens with zero attached hydrogens (tertiary/aromatic N) is 3. The Bertz CT molecular complexity index is 1080. The zero-order valence-corrected chi connectivity index (χ0v) is 16.9. The van der Waals surface area contributed by atoms with Crippen LogP contribution in [0.1, 0.15) is 35.6 Å². The molecule has 0 spiro atoms. The van der Waals surface area contributed by atoms with Gasteiger partial charge < -0.3 is 14.0 Å². The van der Waals surface area contributed by atoms with Gasteiger partial charge in [-0.1, -0.05) is 0 Å². The second-order valence-corrected chi connectivity index (χ2v) is 6.32. The van der Waals surface area contributed by atoms with Crippen molar-refractivity contribution in [3.63, 3.8) is 0 Å². The van der Waals surface area contributed by atoms with Crippen molar-refractivity contribution >= 4 is 23.2 Å². The summed E-state index contributed by atoms with van der Waals surface area (Å²) >= 11 is 0. The van der Waals surface area contributed by atoms with Crippen LogP contribution in [-0.2, 0) is 6.54 Å². The molecule has 0 saturated heterocycles. The Labute approximate surface area is 172 Å². The molecular formula is C21H22F2N4O3. The quantitative estimate of drug-likeness (QED) is 0.443. The highest BCUT2D eigenvalue weighted by Crippen LogP contribution is 2.29. The number of amides is 1. The molecule has 1 aromatic heterocycles. The van der Waals surface area contributed by atoms with Crippen LogP contribution < -0.4 is 14.9 Å². The van der Waals surface area contributed by atoms with Crippen molar-refractivity contribution in [2.45, 2.75) is 33.9 Å². The number of imidazole rings is 1. The van der Waals surface area contributed by atoms with Gasteiger partial charge in [-0.2, -0.15) is 13.9 Å². The highest BCUT2D eigenvalue weighted by Gasteiger charge is 2.12. The fraction of sp³-hybridized carbons (Fsp3) is 0.286. The summed E-state index contributed by atoms with van der Waals surface area (Å²) in [4.78, 5) is 16.9. The molecule has 3 rings (SSSR count). The predicted molar refractivity (Wildman–Crippen MR) is 109 cm³/mol. The highest BCUT2D eigenvalue weighted by molar-refractivity contribution is 5.98. The minimum absolute atomic E-state index is 0.0665. The Kier molecular flexibility index (Phi) is 6.61. The number of fused-ring (bicyclic) bond motifs is 1.